The number of carbonyl (C=O) groups is 5. The molecule has 9 atom stereocenters. The standard InChI is InChI=1S/C52H86N6O8S/c1-16-36(6)46(57(13)50(62)39(34(2)3)32-42(59)45(35(4)5)55(11)27-20-21-28-56(12)51(63)66-52(8,9)10)43(64-14)33-44(60)58-29-22-25-41(58)47(65-15)37(7)48(61)54-40(49-53-26-30-67-49)31-38-23-18-17-19-24-38/h17-19,23-24,26,30,34-37,39-41,43,45-47H,16,20-22,25,27-29,31-33H2,1-15H3,(H,54,61)/t36-,37+,39-,40-,41-,43+,45-,46-,47+/m0/s1. The number of unbranched alkanes of at least 4 members (excludes halogenated alkanes) is 1. The summed E-state index contributed by atoms with van der Waals surface area (Å²) in [6.45, 7) is 21.3. The molecule has 1 aromatic heterocycles. The Labute approximate surface area is 407 Å². The second-order valence-corrected chi connectivity index (χ2v) is 21.4. The van der Waals surface area contributed by atoms with Gasteiger partial charge in [0, 0.05) is 65.3 Å². The fraction of sp³-hybridized carbons (Fsp3) is 0.731. The maximum Gasteiger partial charge on any atom is 0.410 e. The highest BCUT2D eigenvalue weighted by atomic mass is 32.1. The Morgan fingerprint density at radius 1 is 0.910 bits per heavy atom. The van der Waals surface area contributed by atoms with Crippen LogP contribution < -0.4 is 5.32 Å². The third-order valence-electron chi connectivity index (χ3n) is 13.5. The monoisotopic (exact) mass is 955 g/mol. The molecule has 0 saturated carbocycles. The molecule has 1 aliphatic heterocycles. The summed E-state index contributed by atoms with van der Waals surface area (Å²) in [6, 6.07) is 8.54. The number of carbonyl (C=O) groups excluding carboxylic acids is 5. The van der Waals surface area contributed by atoms with E-state index >= 15 is 0 Å². The van der Waals surface area contributed by atoms with E-state index in [0.29, 0.717) is 32.5 Å². The number of hydrogen-bond donors (Lipinski definition) is 1. The van der Waals surface area contributed by atoms with E-state index in [4.69, 9.17) is 14.2 Å². The van der Waals surface area contributed by atoms with E-state index in [1.807, 2.05) is 103 Å². The fourth-order valence-corrected chi connectivity index (χ4v) is 10.4. The average Bonchev–Trinajstić information content (AvgIpc) is 4.00. The van der Waals surface area contributed by atoms with Crippen LogP contribution in [0.25, 0.3) is 0 Å². The van der Waals surface area contributed by atoms with Crippen molar-refractivity contribution in [3.8, 4) is 0 Å². The summed E-state index contributed by atoms with van der Waals surface area (Å²) in [5.74, 6) is -1.67. The normalized spacial score (nSPS) is 17.9. The Kier molecular flexibility index (Phi) is 23.4. The first-order valence-electron chi connectivity index (χ1n) is 24.6. The first-order valence-corrected chi connectivity index (χ1v) is 25.5. The molecule has 0 radical (unpaired) electrons. The van der Waals surface area contributed by atoms with Crippen molar-refractivity contribution < 1.29 is 38.2 Å². The SMILES string of the molecule is CC[C@H](C)[C@@H]([C@@H](CC(=O)N1CCC[C@H]1[C@H](OC)[C@@H](C)C(=O)N[C@@H](Cc1ccccc1)c1nccs1)OC)N(C)C(=O)[C@@H](CC(=O)[C@H](C(C)C)N(C)CCCCN(C)C(=O)OC(C)(C)C)C(C)C. The lowest BCUT2D eigenvalue weighted by Gasteiger charge is -2.41. The van der Waals surface area contributed by atoms with Crippen LogP contribution in [0.3, 0.4) is 0 Å². The van der Waals surface area contributed by atoms with Crippen molar-refractivity contribution in [1.29, 1.82) is 0 Å². The summed E-state index contributed by atoms with van der Waals surface area (Å²) < 4.78 is 17.7. The molecule has 4 amide bonds. The van der Waals surface area contributed by atoms with Crippen molar-refractivity contribution >= 4 is 40.9 Å². The van der Waals surface area contributed by atoms with Gasteiger partial charge in [0.15, 0.2) is 5.78 Å². The number of Topliss-reactive ketones (excluding diaryl/α,β-unsaturated/α-hetero) is 1. The van der Waals surface area contributed by atoms with Crippen LogP contribution in [0, 0.1) is 29.6 Å². The molecule has 2 heterocycles. The molecule has 3 rings (SSSR count). The summed E-state index contributed by atoms with van der Waals surface area (Å²) >= 11 is 1.50. The van der Waals surface area contributed by atoms with Gasteiger partial charge in [-0.1, -0.05) is 85.2 Å². The number of nitrogens with one attached hydrogen (secondary N) is 1. The number of likely N-dealkylation sites (tertiary alicyclic amines) is 1. The minimum atomic E-state index is -0.621. The summed E-state index contributed by atoms with van der Waals surface area (Å²) in [7, 11) is 8.67. The molecule has 1 saturated heterocycles. The summed E-state index contributed by atoms with van der Waals surface area (Å²) in [6.07, 6.45) is 4.68. The van der Waals surface area contributed by atoms with Crippen LogP contribution in [0.2, 0.25) is 0 Å². The number of likely N-dealkylation sites (N-methyl/N-ethyl adjacent to an activating group) is 2. The number of amides is 4. The Morgan fingerprint density at radius 2 is 1.57 bits per heavy atom. The number of nitrogens with zero attached hydrogens (tertiary/aromatic N) is 5. The van der Waals surface area contributed by atoms with Crippen molar-refractivity contribution in [2.24, 2.45) is 29.6 Å². The van der Waals surface area contributed by atoms with Gasteiger partial charge in [-0.25, -0.2) is 9.78 Å². The average molecular weight is 955 g/mol. The van der Waals surface area contributed by atoms with Gasteiger partial charge in [0.1, 0.15) is 10.6 Å². The molecule has 14 nitrogen and oxygen atoms in total. The van der Waals surface area contributed by atoms with Crippen LogP contribution in [0.15, 0.2) is 41.9 Å². The third-order valence-corrected chi connectivity index (χ3v) is 14.4. The number of rotatable bonds is 27. The predicted molar refractivity (Wildman–Crippen MR) is 267 cm³/mol. The van der Waals surface area contributed by atoms with Gasteiger partial charge >= 0.3 is 6.09 Å². The van der Waals surface area contributed by atoms with E-state index in [1.165, 1.54) is 11.3 Å². The predicted octanol–water partition coefficient (Wildman–Crippen LogP) is 8.30. The molecule has 0 unspecified atom stereocenters. The Morgan fingerprint density at radius 3 is 2.12 bits per heavy atom. The van der Waals surface area contributed by atoms with Gasteiger partial charge < -0.3 is 34.2 Å². The summed E-state index contributed by atoms with van der Waals surface area (Å²) in [5.41, 5.74) is 0.524. The highest BCUT2D eigenvalue weighted by Gasteiger charge is 2.43. The first kappa shape index (κ1) is 57.4. The van der Waals surface area contributed by atoms with Crippen LogP contribution in [-0.4, -0.2) is 145 Å². The molecule has 67 heavy (non-hydrogen) atoms. The molecule has 2 aromatic rings. The summed E-state index contributed by atoms with van der Waals surface area (Å²) in [5, 5.41) is 5.98. The second kappa shape index (κ2) is 27.3. The zero-order chi connectivity index (χ0) is 50.2. The molecule has 0 bridgehead atoms. The van der Waals surface area contributed by atoms with Crippen molar-refractivity contribution in [3.63, 3.8) is 0 Å². The molecular weight excluding hydrogens is 869 g/mol. The summed E-state index contributed by atoms with van der Waals surface area (Å²) in [4.78, 5) is 81.7. The van der Waals surface area contributed by atoms with Gasteiger partial charge in [-0.15, -0.1) is 11.3 Å². The van der Waals surface area contributed by atoms with Gasteiger partial charge in [0.25, 0.3) is 0 Å². The molecule has 1 fully saturated rings. The number of ketones is 1. The first-order chi connectivity index (χ1) is 31.6. The van der Waals surface area contributed by atoms with Gasteiger partial charge in [-0.3, -0.25) is 24.1 Å². The topological polar surface area (TPSA) is 151 Å². The van der Waals surface area contributed by atoms with Crippen molar-refractivity contribution in [3.05, 3.63) is 52.5 Å². The smallest absolute Gasteiger partial charge is 0.410 e. The highest BCUT2D eigenvalue weighted by molar-refractivity contribution is 7.09. The van der Waals surface area contributed by atoms with Crippen LogP contribution in [0.4, 0.5) is 4.79 Å². The van der Waals surface area contributed by atoms with E-state index in [9.17, 15) is 24.0 Å². The maximum absolute atomic E-state index is 14.7. The second-order valence-electron chi connectivity index (χ2n) is 20.5. The van der Waals surface area contributed by atoms with Crippen LogP contribution >= 0.6 is 11.3 Å². The molecule has 1 aromatic carbocycles. The Balaban J connectivity index is 1.73. The molecule has 378 valence electrons. The minimum Gasteiger partial charge on any atom is -0.444 e. The van der Waals surface area contributed by atoms with Crippen LogP contribution in [0.1, 0.15) is 131 Å². The number of hydrogen-bond acceptors (Lipinski definition) is 11. The largest absolute Gasteiger partial charge is 0.444 e. The molecular formula is C52H86N6O8S. The van der Waals surface area contributed by atoms with Gasteiger partial charge in [0.2, 0.25) is 17.7 Å². The minimum absolute atomic E-state index is 0.0175. The van der Waals surface area contributed by atoms with Gasteiger partial charge in [-0.2, -0.15) is 0 Å². The zero-order valence-electron chi connectivity index (χ0n) is 43.6. The zero-order valence-corrected chi connectivity index (χ0v) is 44.4. The van der Waals surface area contributed by atoms with E-state index < -0.39 is 35.7 Å². The van der Waals surface area contributed by atoms with Gasteiger partial charge in [-0.05, 0) is 89.8 Å². The Hall–Kier alpha value is -3.92. The third kappa shape index (κ3) is 16.9. The Bertz CT molecular complexity index is 1820. The van der Waals surface area contributed by atoms with E-state index in [-0.39, 0.29) is 78.3 Å². The molecule has 0 aliphatic carbocycles. The quantitative estimate of drug-likeness (QED) is 0.0867. The van der Waals surface area contributed by atoms with E-state index in [2.05, 4.69) is 29.0 Å². The van der Waals surface area contributed by atoms with Crippen molar-refractivity contribution in [2.45, 2.75) is 163 Å². The van der Waals surface area contributed by atoms with Gasteiger partial charge in [0.05, 0.1) is 48.7 Å². The number of benzene rings is 1. The number of thiazole rings is 1. The lowest BCUT2D eigenvalue weighted by atomic mass is 9.83. The number of methoxy groups -OCH3 is 2. The molecule has 15 heteroatoms. The number of aromatic nitrogens is 1. The molecule has 1 aliphatic rings. The lowest BCUT2D eigenvalue weighted by Crippen LogP contribution is -2.54. The fourth-order valence-electron chi connectivity index (χ4n) is 9.68. The van der Waals surface area contributed by atoms with E-state index in [0.717, 1.165) is 36.3 Å². The van der Waals surface area contributed by atoms with E-state index in [1.54, 1.807) is 44.3 Å². The van der Waals surface area contributed by atoms with Crippen LogP contribution in [-0.2, 0) is 39.8 Å². The van der Waals surface area contributed by atoms with Crippen molar-refractivity contribution in [2.75, 3.05) is 55.0 Å². The maximum atomic E-state index is 14.7. The lowest BCUT2D eigenvalue weighted by molar-refractivity contribution is -0.149. The molecule has 1 N–H and O–H groups in total. The highest BCUT2D eigenvalue weighted by Crippen LogP contribution is 2.32. The molecule has 0 spiro atoms. The number of ether oxygens (including phenoxy) is 3. The van der Waals surface area contributed by atoms with Crippen LogP contribution in [0.5, 0.6) is 0 Å². The van der Waals surface area contributed by atoms with Crippen molar-refractivity contribution in [1.82, 2.24) is 29.9 Å².